The fourth-order valence-electron chi connectivity index (χ4n) is 1.80. The Morgan fingerprint density at radius 1 is 1.18 bits per heavy atom. The number of hydrogen-bond donors (Lipinski definition) is 1. The van der Waals surface area contributed by atoms with Crippen LogP contribution in [0.1, 0.15) is 22.7 Å². The van der Waals surface area contributed by atoms with Crippen LogP contribution in [0.4, 0.5) is 0 Å². The predicted molar refractivity (Wildman–Crippen MR) is 76.4 cm³/mol. The quantitative estimate of drug-likeness (QED) is 0.871. The Morgan fingerprint density at radius 2 is 1.94 bits per heavy atom. The molecule has 17 heavy (non-hydrogen) atoms. The number of rotatable bonds is 2. The molecule has 3 heteroatoms. The lowest BCUT2D eigenvalue weighted by Crippen LogP contribution is -2.12. The second-order valence-electron chi connectivity index (χ2n) is 4.06. The molecule has 2 aromatic rings. The summed E-state index contributed by atoms with van der Waals surface area (Å²) in [7, 11) is 0. The number of halogens is 2. The van der Waals surface area contributed by atoms with E-state index in [4.69, 9.17) is 17.3 Å². The van der Waals surface area contributed by atoms with Crippen molar-refractivity contribution in [3.8, 4) is 0 Å². The van der Waals surface area contributed by atoms with Gasteiger partial charge in [-0.1, -0.05) is 63.4 Å². The molecule has 0 spiro atoms. The van der Waals surface area contributed by atoms with E-state index < -0.39 is 0 Å². The van der Waals surface area contributed by atoms with Crippen LogP contribution in [-0.4, -0.2) is 0 Å². The third kappa shape index (κ3) is 2.89. The van der Waals surface area contributed by atoms with Gasteiger partial charge in [-0.15, -0.1) is 0 Å². The van der Waals surface area contributed by atoms with Gasteiger partial charge in [0.1, 0.15) is 0 Å². The predicted octanol–water partition coefficient (Wildman–Crippen LogP) is 4.46. The second kappa shape index (κ2) is 5.21. The SMILES string of the molecule is Cc1cccc(C(N)c2ccc(Br)cc2Cl)c1. The molecule has 0 radical (unpaired) electrons. The topological polar surface area (TPSA) is 26.0 Å². The molecule has 0 aliphatic rings. The van der Waals surface area contributed by atoms with Gasteiger partial charge in [0.25, 0.3) is 0 Å². The van der Waals surface area contributed by atoms with Gasteiger partial charge < -0.3 is 5.73 Å². The Hall–Kier alpha value is -0.830. The van der Waals surface area contributed by atoms with Gasteiger partial charge in [-0.05, 0) is 30.2 Å². The molecule has 1 atom stereocenters. The minimum absolute atomic E-state index is 0.185. The smallest absolute Gasteiger partial charge is 0.0566 e. The highest BCUT2D eigenvalue weighted by Crippen LogP contribution is 2.29. The molecular formula is C14H13BrClN. The van der Waals surface area contributed by atoms with Crippen LogP contribution in [0.25, 0.3) is 0 Å². The molecule has 0 saturated carbocycles. The molecule has 0 heterocycles. The van der Waals surface area contributed by atoms with Crippen LogP contribution >= 0.6 is 27.5 Å². The molecule has 0 aromatic heterocycles. The molecule has 0 aliphatic carbocycles. The summed E-state index contributed by atoms with van der Waals surface area (Å²) in [5, 5.41) is 0.688. The Balaban J connectivity index is 2.40. The first-order chi connectivity index (χ1) is 8.08. The van der Waals surface area contributed by atoms with E-state index in [1.807, 2.05) is 30.3 Å². The van der Waals surface area contributed by atoms with Crippen molar-refractivity contribution in [2.24, 2.45) is 5.73 Å². The Bertz CT molecular complexity index is 539. The van der Waals surface area contributed by atoms with Gasteiger partial charge in [0.15, 0.2) is 0 Å². The Morgan fingerprint density at radius 3 is 2.59 bits per heavy atom. The number of aryl methyl sites for hydroxylation is 1. The van der Waals surface area contributed by atoms with E-state index in [0.717, 1.165) is 15.6 Å². The van der Waals surface area contributed by atoms with E-state index in [0.29, 0.717) is 5.02 Å². The van der Waals surface area contributed by atoms with Crippen molar-refractivity contribution >= 4 is 27.5 Å². The van der Waals surface area contributed by atoms with Crippen molar-refractivity contribution in [1.29, 1.82) is 0 Å². The summed E-state index contributed by atoms with van der Waals surface area (Å²) >= 11 is 9.59. The van der Waals surface area contributed by atoms with Crippen molar-refractivity contribution in [3.63, 3.8) is 0 Å². The van der Waals surface area contributed by atoms with Crippen LogP contribution in [0, 0.1) is 6.92 Å². The zero-order valence-corrected chi connectivity index (χ0v) is 11.8. The first kappa shape index (κ1) is 12.6. The van der Waals surface area contributed by atoms with E-state index in [1.54, 1.807) is 0 Å². The second-order valence-corrected chi connectivity index (χ2v) is 5.38. The summed E-state index contributed by atoms with van der Waals surface area (Å²) < 4.78 is 0.961. The average molecular weight is 311 g/mol. The molecule has 1 unspecified atom stereocenters. The molecule has 0 bridgehead atoms. The maximum absolute atomic E-state index is 6.24. The van der Waals surface area contributed by atoms with Crippen molar-refractivity contribution in [2.75, 3.05) is 0 Å². The van der Waals surface area contributed by atoms with Crippen LogP contribution in [0.15, 0.2) is 46.9 Å². The lowest BCUT2D eigenvalue weighted by molar-refractivity contribution is 0.869. The standard InChI is InChI=1S/C14H13BrClN/c1-9-3-2-4-10(7-9)14(17)12-6-5-11(15)8-13(12)16/h2-8,14H,17H2,1H3. The van der Waals surface area contributed by atoms with E-state index in [-0.39, 0.29) is 6.04 Å². The molecule has 2 rings (SSSR count). The first-order valence-corrected chi connectivity index (χ1v) is 6.52. The van der Waals surface area contributed by atoms with Gasteiger partial charge in [0.2, 0.25) is 0 Å². The van der Waals surface area contributed by atoms with Crippen molar-refractivity contribution < 1.29 is 0 Å². The number of hydrogen-bond acceptors (Lipinski definition) is 1. The molecular weight excluding hydrogens is 298 g/mol. The minimum Gasteiger partial charge on any atom is -0.320 e. The van der Waals surface area contributed by atoms with Crippen molar-refractivity contribution in [1.82, 2.24) is 0 Å². The van der Waals surface area contributed by atoms with Crippen molar-refractivity contribution in [3.05, 3.63) is 68.7 Å². The molecule has 2 aromatic carbocycles. The summed E-state index contributed by atoms with van der Waals surface area (Å²) in [5.41, 5.74) is 9.46. The van der Waals surface area contributed by atoms with Crippen LogP contribution < -0.4 is 5.73 Å². The molecule has 1 nitrogen and oxygen atoms in total. The third-order valence-corrected chi connectivity index (χ3v) is 3.52. The lowest BCUT2D eigenvalue weighted by atomic mass is 9.98. The van der Waals surface area contributed by atoms with Crippen LogP contribution in [-0.2, 0) is 0 Å². The van der Waals surface area contributed by atoms with E-state index in [1.165, 1.54) is 5.56 Å². The third-order valence-electron chi connectivity index (χ3n) is 2.70. The van der Waals surface area contributed by atoms with Gasteiger partial charge in [-0.25, -0.2) is 0 Å². The van der Waals surface area contributed by atoms with E-state index >= 15 is 0 Å². The zero-order chi connectivity index (χ0) is 12.4. The summed E-state index contributed by atoms with van der Waals surface area (Å²) in [6.07, 6.45) is 0. The average Bonchev–Trinajstić information content (AvgIpc) is 2.28. The van der Waals surface area contributed by atoms with Crippen LogP contribution in [0.3, 0.4) is 0 Å². The van der Waals surface area contributed by atoms with Crippen LogP contribution in [0.2, 0.25) is 5.02 Å². The largest absolute Gasteiger partial charge is 0.320 e. The fourth-order valence-corrected chi connectivity index (χ4v) is 2.59. The maximum atomic E-state index is 6.24. The Kier molecular flexibility index (Phi) is 3.87. The lowest BCUT2D eigenvalue weighted by Gasteiger charge is -2.15. The van der Waals surface area contributed by atoms with Gasteiger partial charge in [0, 0.05) is 9.50 Å². The Labute approximate surface area is 115 Å². The van der Waals surface area contributed by atoms with Crippen molar-refractivity contribution in [2.45, 2.75) is 13.0 Å². The summed E-state index contributed by atoms with van der Waals surface area (Å²) in [6.45, 7) is 2.05. The van der Waals surface area contributed by atoms with Gasteiger partial charge in [-0.2, -0.15) is 0 Å². The van der Waals surface area contributed by atoms with Gasteiger partial charge in [0.05, 0.1) is 6.04 Å². The summed E-state index contributed by atoms with van der Waals surface area (Å²) in [4.78, 5) is 0. The molecule has 2 N–H and O–H groups in total. The monoisotopic (exact) mass is 309 g/mol. The molecule has 88 valence electrons. The highest BCUT2D eigenvalue weighted by molar-refractivity contribution is 9.10. The number of benzene rings is 2. The molecule has 0 fully saturated rings. The first-order valence-electron chi connectivity index (χ1n) is 5.35. The summed E-state index contributed by atoms with van der Waals surface area (Å²) in [6, 6.07) is 13.8. The fraction of sp³-hybridized carbons (Fsp3) is 0.143. The summed E-state index contributed by atoms with van der Waals surface area (Å²) in [5.74, 6) is 0. The van der Waals surface area contributed by atoms with Gasteiger partial charge in [-0.3, -0.25) is 0 Å². The normalized spacial score (nSPS) is 12.5. The molecule has 0 amide bonds. The maximum Gasteiger partial charge on any atom is 0.0566 e. The zero-order valence-electron chi connectivity index (χ0n) is 9.45. The highest BCUT2D eigenvalue weighted by atomic mass is 79.9. The highest BCUT2D eigenvalue weighted by Gasteiger charge is 2.12. The van der Waals surface area contributed by atoms with E-state index in [2.05, 4.69) is 35.0 Å². The molecule has 0 aliphatic heterocycles. The molecule has 0 saturated heterocycles. The van der Waals surface area contributed by atoms with Gasteiger partial charge >= 0.3 is 0 Å². The number of nitrogens with two attached hydrogens (primary N) is 1. The van der Waals surface area contributed by atoms with Crippen LogP contribution in [0.5, 0.6) is 0 Å². The van der Waals surface area contributed by atoms with E-state index in [9.17, 15) is 0 Å². The minimum atomic E-state index is -0.185.